The van der Waals surface area contributed by atoms with Crippen LogP contribution in [0.4, 0.5) is 0 Å². The fourth-order valence-corrected chi connectivity index (χ4v) is 2.13. The number of rotatable bonds is 14. The molecule has 110 valence electrons. The van der Waals surface area contributed by atoms with E-state index in [-0.39, 0.29) is 0 Å². The van der Waals surface area contributed by atoms with Gasteiger partial charge in [0.05, 0.1) is 0 Å². The number of nitrogens with one attached hydrogen (secondary N) is 1. The van der Waals surface area contributed by atoms with Crippen LogP contribution in [0.5, 0.6) is 0 Å². The topological polar surface area (TPSA) is 38.0 Å². The summed E-state index contributed by atoms with van der Waals surface area (Å²) in [5.41, 5.74) is 5.47. The van der Waals surface area contributed by atoms with Gasteiger partial charge in [0.25, 0.3) is 0 Å². The summed E-state index contributed by atoms with van der Waals surface area (Å²) in [6.45, 7) is 7.89. The molecule has 0 rings (SSSR count). The highest BCUT2D eigenvalue weighted by atomic mass is 14.8. The van der Waals surface area contributed by atoms with Gasteiger partial charge in [-0.3, -0.25) is 0 Å². The maximum atomic E-state index is 5.47. The standard InChI is InChI=1S/C16H36N2/c1-3-16(2)12-15-18-14-11-9-7-5-4-6-8-10-13-17/h16,18H,3-15,17H2,1-2H3. The molecular weight excluding hydrogens is 220 g/mol. The molecule has 0 radical (unpaired) electrons. The Hall–Kier alpha value is -0.0800. The van der Waals surface area contributed by atoms with Crippen LogP contribution in [0.1, 0.15) is 78.1 Å². The van der Waals surface area contributed by atoms with Gasteiger partial charge in [-0.1, -0.05) is 58.8 Å². The number of unbranched alkanes of at least 4 members (excludes halogenated alkanes) is 7. The van der Waals surface area contributed by atoms with Crippen molar-refractivity contribution in [1.29, 1.82) is 0 Å². The highest BCUT2D eigenvalue weighted by Gasteiger charge is 1.97. The van der Waals surface area contributed by atoms with Crippen LogP contribution in [0.15, 0.2) is 0 Å². The lowest BCUT2D eigenvalue weighted by Gasteiger charge is -2.09. The zero-order valence-electron chi connectivity index (χ0n) is 12.8. The van der Waals surface area contributed by atoms with E-state index < -0.39 is 0 Å². The summed E-state index contributed by atoms with van der Waals surface area (Å²) in [6, 6.07) is 0. The van der Waals surface area contributed by atoms with Crippen molar-refractivity contribution in [3.63, 3.8) is 0 Å². The summed E-state index contributed by atoms with van der Waals surface area (Å²) in [4.78, 5) is 0. The molecule has 0 aliphatic rings. The molecule has 0 aromatic rings. The van der Waals surface area contributed by atoms with E-state index in [0.717, 1.165) is 12.5 Å². The predicted molar refractivity (Wildman–Crippen MR) is 82.9 cm³/mol. The van der Waals surface area contributed by atoms with E-state index in [2.05, 4.69) is 19.2 Å². The monoisotopic (exact) mass is 256 g/mol. The Morgan fingerprint density at radius 3 is 1.94 bits per heavy atom. The van der Waals surface area contributed by atoms with Crippen molar-refractivity contribution in [2.45, 2.75) is 78.1 Å². The van der Waals surface area contributed by atoms with Gasteiger partial charge in [0.15, 0.2) is 0 Å². The van der Waals surface area contributed by atoms with Crippen LogP contribution in [0, 0.1) is 5.92 Å². The highest BCUT2D eigenvalue weighted by molar-refractivity contribution is 4.54. The second-order valence-electron chi connectivity index (χ2n) is 5.67. The first kappa shape index (κ1) is 17.9. The normalized spacial score (nSPS) is 12.8. The van der Waals surface area contributed by atoms with E-state index in [4.69, 9.17) is 5.73 Å². The molecule has 0 spiro atoms. The SMILES string of the molecule is CCC(C)CCNCCCCCCCCCCN. The van der Waals surface area contributed by atoms with Gasteiger partial charge >= 0.3 is 0 Å². The average molecular weight is 256 g/mol. The fourth-order valence-electron chi connectivity index (χ4n) is 2.13. The van der Waals surface area contributed by atoms with Gasteiger partial charge in [0.2, 0.25) is 0 Å². The first-order valence-electron chi connectivity index (χ1n) is 8.22. The van der Waals surface area contributed by atoms with Gasteiger partial charge in [-0.2, -0.15) is 0 Å². The predicted octanol–water partition coefficient (Wildman–Crippen LogP) is 4.09. The number of nitrogens with two attached hydrogens (primary N) is 1. The van der Waals surface area contributed by atoms with Crippen molar-refractivity contribution in [3.8, 4) is 0 Å². The molecule has 0 saturated heterocycles. The van der Waals surface area contributed by atoms with Gasteiger partial charge in [-0.05, 0) is 44.8 Å². The molecule has 0 aromatic heterocycles. The molecule has 0 bridgehead atoms. The van der Waals surface area contributed by atoms with E-state index in [0.29, 0.717) is 0 Å². The van der Waals surface area contributed by atoms with Crippen LogP contribution < -0.4 is 11.1 Å². The summed E-state index contributed by atoms with van der Waals surface area (Å²) >= 11 is 0. The molecule has 2 heteroatoms. The minimum Gasteiger partial charge on any atom is -0.330 e. The molecule has 0 amide bonds. The third-order valence-corrected chi connectivity index (χ3v) is 3.82. The van der Waals surface area contributed by atoms with Crippen LogP contribution in [-0.2, 0) is 0 Å². The third-order valence-electron chi connectivity index (χ3n) is 3.82. The van der Waals surface area contributed by atoms with Crippen LogP contribution in [-0.4, -0.2) is 19.6 Å². The molecule has 0 aromatic carbocycles. The Morgan fingerprint density at radius 1 is 0.833 bits per heavy atom. The zero-order chi connectivity index (χ0) is 13.5. The van der Waals surface area contributed by atoms with Crippen LogP contribution in [0.3, 0.4) is 0 Å². The number of hydrogen-bond acceptors (Lipinski definition) is 2. The van der Waals surface area contributed by atoms with Crippen LogP contribution in [0.2, 0.25) is 0 Å². The molecule has 1 unspecified atom stereocenters. The summed E-state index contributed by atoms with van der Waals surface area (Å²) in [5.74, 6) is 0.881. The molecule has 0 aliphatic carbocycles. The lowest BCUT2D eigenvalue weighted by Crippen LogP contribution is -2.18. The van der Waals surface area contributed by atoms with Crippen LogP contribution >= 0.6 is 0 Å². The minimum absolute atomic E-state index is 0.863. The van der Waals surface area contributed by atoms with Crippen LogP contribution in [0.25, 0.3) is 0 Å². The summed E-state index contributed by atoms with van der Waals surface area (Å²) in [6.07, 6.45) is 13.5. The van der Waals surface area contributed by atoms with Gasteiger partial charge in [-0.15, -0.1) is 0 Å². The molecule has 2 nitrogen and oxygen atoms in total. The van der Waals surface area contributed by atoms with E-state index in [1.807, 2.05) is 0 Å². The van der Waals surface area contributed by atoms with Crippen molar-refractivity contribution in [2.24, 2.45) is 11.7 Å². The lowest BCUT2D eigenvalue weighted by molar-refractivity contribution is 0.479. The molecule has 18 heavy (non-hydrogen) atoms. The second kappa shape index (κ2) is 15.0. The largest absolute Gasteiger partial charge is 0.330 e. The Balaban J connectivity index is 2.94. The summed E-state index contributed by atoms with van der Waals surface area (Å²) in [5, 5.41) is 3.56. The average Bonchev–Trinajstić information content (AvgIpc) is 2.39. The van der Waals surface area contributed by atoms with E-state index >= 15 is 0 Å². The number of hydrogen-bond donors (Lipinski definition) is 2. The molecule has 0 fully saturated rings. The first-order valence-corrected chi connectivity index (χ1v) is 8.22. The van der Waals surface area contributed by atoms with Crippen molar-refractivity contribution >= 4 is 0 Å². The quantitative estimate of drug-likeness (QED) is 0.459. The van der Waals surface area contributed by atoms with E-state index in [1.165, 1.54) is 77.3 Å². The Bertz CT molecular complexity index is 148. The molecule has 0 saturated carbocycles. The zero-order valence-corrected chi connectivity index (χ0v) is 12.8. The summed E-state index contributed by atoms with van der Waals surface area (Å²) in [7, 11) is 0. The Morgan fingerprint density at radius 2 is 1.39 bits per heavy atom. The smallest absolute Gasteiger partial charge is 0.00464 e. The minimum atomic E-state index is 0.863. The maximum Gasteiger partial charge on any atom is -0.00464 e. The molecule has 1 atom stereocenters. The maximum absolute atomic E-state index is 5.47. The fraction of sp³-hybridized carbons (Fsp3) is 1.00. The van der Waals surface area contributed by atoms with Gasteiger partial charge in [0, 0.05) is 0 Å². The van der Waals surface area contributed by atoms with Crippen molar-refractivity contribution in [1.82, 2.24) is 5.32 Å². The lowest BCUT2D eigenvalue weighted by atomic mass is 10.1. The summed E-state index contributed by atoms with van der Waals surface area (Å²) < 4.78 is 0. The molecular formula is C16H36N2. The first-order chi connectivity index (χ1) is 8.81. The van der Waals surface area contributed by atoms with Crippen molar-refractivity contribution in [3.05, 3.63) is 0 Å². The second-order valence-corrected chi connectivity index (χ2v) is 5.67. The molecule has 0 heterocycles. The molecule has 3 N–H and O–H groups in total. The Labute approximate surface area is 115 Å². The van der Waals surface area contributed by atoms with Crippen molar-refractivity contribution in [2.75, 3.05) is 19.6 Å². The Kier molecular flexibility index (Phi) is 14.9. The van der Waals surface area contributed by atoms with E-state index in [1.54, 1.807) is 0 Å². The van der Waals surface area contributed by atoms with Gasteiger partial charge in [0.1, 0.15) is 0 Å². The van der Waals surface area contributed by atoms with E-state index in [9.17, 15) is 0 Å². The molecule has 0 aliphatic heterocycles. The van der Waals surface area contributed by atoms with Crippen molar-refractivity contribution < 1.29 is 0 Å². The highest BCUT2D eigenvalue weighted by Crippen LogP contribution is 2.08. The van der Waals surface area contributed by atoms with Gasteiger partial charge < -0.3 is 11.1 Å². The third kappa shape index (κ3) is 14.0. The van der Waals surface area contributed by atoms with Gasteiger partial charge in [-0.25, -0.2) is 0 Å².